The highest BCUT2D eigenvalue weighted by Crippen LogP contribution is 2.04. The molecule has 0 aromatic carbocycles. The highest BCUT2D eigenvalue weighted by Gasteiger charge is 1.87. The van der Waals surface area contributed by atoms with Gasteiger partial charge in [-0.25, -0.2) is 4.99 Å². The SMILES string of the molecule is CCSCCCCCN=C=S. The molecule has 0 N–H and O–H groups in total. The number of thiocarbonyl (C=S) groups is 1. The average molecular weight is 189 g/mol. The topological polar surface area (TPSA) is 12.4 Å². The number of rotatable bonds is 7. The third kappa shape index (κ3) is 10.2. The predicted octanol–water partition coefficient (Wildman–Crippen LogP) is 3.01. The zero-order chi connectivity index (χ0) is 8.36. The van der Waals surface area contributed by atoms with Gasteiger partial charge in [0.05, 0.1) is 5.16 Å². The van der Waals surface area contributed by atoms with E-state index in [-0.39, 0.29) is 0 Å². The van der Waals surface area contributed by atoms with Crippen LogP contribution in [0.1, 0.15) is 26.2 Å². The van der Waals surface area contributed by atoms with Crippen LogP contribution in [-0.4, -0.2) is 23.2 Å². The highest BCUT2D eigenvalue weighted by atomic mass is 32.2. The van der Waals surface area contributed by atoms with Crippen molar-refractivity contribution in [3.05, 3.63) is 0 Å². The number of thioether (sulfide) groups is 1. The number of nitrogens with zero attached hydrogens (tertiary/aromatic N) is 1. The zero-order valence-corrected chi connectivity index (χ0v) is 8.64. The quantitative estimate of drug-likeness (QED) is 0.347. The van der Waals surface area contributed by atoms with E-state index >= 15 is 0 Å². The summed E-state index contributed by atoms with van der Waals surface area (Å²) in [5, 5.41) is 2.37. The molecule has 0 aromatic heterocycles. The van der Waals surface area contributed by atoms with E-state index in [1.54, 1.807) is 0 Å². The number of aliphatic imine (C=N–C) groups is 1. The Morgan fingerprint density at radius 2 is 2.18 bits per heavy atom. The maximum Gasteiger partial charge on any atom is 0.0584 e. The number of unbranched alkanes of at least 4 members (excludes halogenated alkanes) is 2. The number of hydrogen-bond acceptors (Lipinski definition) is 3. The van der Waals surface area contributed by atoms with E-state index in [9.17, 15) is 0 Å². The number of isothiocyanates is 1. The molecule has 0 amide bonds. The molecule has 0 radical (unpaired) electrons. The fourth-order valence-corrected chi connectivity index (χ4v) is 1.55. The van der Waals surface area contributed by atoms with Gasteiger partial charge in [-0.15, -0.1) is 0 Å². The first kappa shape index (κ1) is 11.2. The van der Waals surface area contributed by atoms with E-state index < -0.39 is 0 Å². The van der Waals surface area contributed by atoms with E-state index in [0.717, 1.165) is 13.0 Å². The minimum Gasteiger partial charge on any atom is -0.233 e. The lowest BCUT2D eigenvalue weighted by atomic mass is 10.2. The van der Waals surface area contributed by atoms with Crippen molar-refractivity contribution in [1.29, 1.82) is 0 Å². The number of hydrogen-bond donors (Lipinski definition) is 0. The van der Waals surface area contributed by atoms with E-state index in [1.807, 2.05) is 11.8 Å². The molecule has 11 heavy (non-hydrogen) atoms. The van der Waals surface area contributed by atoms with Crippen LogP contribution in [-0.2, 0) is 0 Å². The van der Waals surface area contributed by atoms with Crippen molar-refractivity contribution in [2.24, 2.45) is 4.99 Å². The molecule has 0 aliphatic carbocycles. The van der Waals surface area contributed by atoms with Gasteiger partial charge in [0.2, 0.25) is 0 Å². The van der Waals surface area contributed by atoms with Gasteiger partial charge in [-0.1, -0.05) is 13.3 Å². The molecular weight excluding hydrogens is 174 g/mol. The van der Waals surface area contributed by atoms with Gasteiger partial charge in [-0.05, 0) is 36.6 Å². The van der Waals surface area contributed by atoms with Crippen molar-refractivity contribution in [3.8, 4) is 0 Å². The molecular formula is C8H15NS2. The van der Waals surface area contributed by atoms with Gasteiger partial charge >= 0.3 is 0 Å². The molecule has 1 nitrogen and oxygen atoms in total. The van der Waals surface area contributed by atoms with Gasteiger partial charge in [-0.3, -0.25) is 0 Å². The Kier molecular flexibility index (Phi) is 10.3. The summed E-state index contributed by atoms with van der Waals surface area (Å²) >= 11 is 6.46. The van der Waals surface area contributed by atoms with Crippen LogP contribution in [0.2, 0.25) is 0 Å². The van der Waals surface area contributed by atoms with Crippen LogP contribution in [0.25, 0.3) is 0 Å². The van der Waals surface area contributed by atoms with E-state index in [0.29, 0.717) is 0 Å². The summed E-state index contributed by atoms with van der Waals surface area (Å²) in [6.07, 6.45) is 3.74. The molecule has 0 aliphatic rings. The van der Waals surface area contributed by atoms with Crippen LogP contribution < -0.4 is 0 Å². The highest BCUT2D eigenvalue weighted by molar-refractivity contribution is 7.99. The molecule has 0 atom stereocenters. The molecule has 0 rings (SSSR count). The molecule has 0 fully saturated rings. The summed E-state index contributed by atoms with van der Waals surface area (Å²) in [5.74, 6) is 2.52. The van der Waals surface area contributed by atoms with E-state index in [4.69, 9.17) is 0 Å². The predicted molar refractivity (Wildman–Crippen MR) is 56.7 cm³/mol. The molecule has 0 aliphatic heterocycles. The van der Waals surface area contributed by atoms with Gasteiger partial charge in [0.15, 0.2) is 0 Å². The maximum absolute atomic E-state index is 4.45. The van der Waals surface area contributed by atoms with Crippen LogP contribution >= 0.6 is 24.0 Å². The summed E-state index contributed by atoms with van der Waals surface area (Å²) < 4.78 is 0. The Hall–Kier alpha value is 0.150. The molecule has 0 saturated heterocycles. The van der Waals surface area contributed by atoms with Crippen LogP contribution in [0.5, 0.6) is 0 Å². The third-order valence-electron chi connectivity index (χ3n) is 1.33. The monoisotopic (exact) mass is 189 g/mol. The molecule has 0 aromatic rings. The third-order valence-corrected chi connectivity index (χ3v) is 2.44. The van der Waals surface area contributed by atoms with Gasteiger partial charge in [0.1, 0.15) is 0 Å². The summed E-state index contributed by atoms with van der Waals surface area (Å²) in [7, 11) is 0. The first-order valence-electron chi connectivity index (χ1n) is 4.03. The van der Waals surface area contributed by atoms with Crippen molar-refractivity contribution in [1.82, 2.24) is 0 Å². The lowest BCUT2D eigenvalue weighted by Gasteiger charge is -1.96. The Bertz CT molecular complexity index is 119. The zero-order valence-electron chi connectivity index (χ0n) is 7.01. The van der Waals surface area contributed by atoms with Crippen molar-refractivity contribution in [3.63, 3.8) is 0 Å². The first-order valence-corrected chi connectivity index (χ1v) is 5.59. The molecule has 0 heterocycles. The lowest BCUT2D eigenvalue weighted by molar-refractivity contribution is 0.735. The van der Waals surface area contributed by atoms with Crippen molar-refractivity contribution < 1.29 is 0 Å². The van der Waals surface area contributed by atoms with Gasteiger partial charge in [0, 0.05) is 6.54 Å². The second-order valence-electron chi connectivity index (χ2n) is 2.23. The molecule has 0 saturated carbocycles. The second-order valence-corrected chi connectivity index (χ2v) is 3.81. The molecule has 3 heteroatoms. The summed E-state index contributed by atoms with van der Waals surface area (Å²) in [4.78, 5) is 3.85. The Balaban J connectivity index is 2.84. The maximum atomic E-state index is 4.45. The van der Waals surface area contributed by atoms with Crippen molar-refractivity contribution >= 4 is 29.1 Å². The average Bonchev–Trinajstić information content (AvgIpc) is 2.03. The summed E-state index contributed by atoms with van der Waals surface area (Å²) in [6.45, 7) is 3.06. The van der Waals surface area contributed by atoms with E-state index in [2.05, 4.69) is 29.3 Å². The van der Waals surface area contributed by atoms with Gasteiger partial charge < -0.3 is 0 Å². The molecule has 0 bridgehead atoms. The largest absolute Gasteiger partial charge is 0.233 e. The molecule has 0 unspecified atom stereocenters. The van der Waals surface area contributed by atoms with Crippen molar-refractivity contribution in [2.75, 3.05) is 18.1 Å². The van der Waals surface area contributed by atoms with Gasteiger partial charge in [-0.2, -0.15) is 11.8 Å². The second kappa shape index (κ2) is 10.2. The lowest BCUT2D eigenvalue weighted by Crippen LogP contribution is -1.84. The minimum absolute atomic E-state index is 0.861. The summed E-state index contributed by atoms with van der Waals surface area (Å²) in [6, 6.07) is 0. The first-order chi connectivity index (χ1) is 5.41. The fraction of sp³-hybridized carbons (Fsp3) is 0.875. The van der Waals surface area contributed by atoms with Crippen molar-refractivity contribution in [2.45, 2.75) is 26.2 Å². The van der Waals surface area contributed by atoms with Crippen LogP contribution in [0.15, 0.2) is 4.99 Å². The molecule has 0 spiro atoms. The minimum atomic E-state index is 0.861. The van der Waals surface area contributed by atoms with E-state index in [1.165, 1.54) is 24.3 Å². The Morgan fingerprint density at radius 1 is 1.36 bits per heavy atom. The Morgan fingerprint density at radius 3 is 2.82 bits per heavy atom. The van der Waals surface area contributed by atoms with Crippen LogP contribution in [0, 0.1) is 0 Å². The molecule has 64 valence electrons. The normalized spacial score (nSPS) is 9.18. The van der Waals surface area contributed by atoms with Crippen LogP contribution in [0.3, 0.4) is 0 Å². The Labute approximate surface area is 78.7 Å². The standard InChI is InChI=1S/C8H15NS2/c1-2-11-7-5-3-4-6-9-8-10/h2-7H2,1H3. The van der Waals surface area contributed by atoms with Crippen LogP contribution in [0.4, 0.5) is 0 Å². The smallest absolute Gasteiger partial charge is 0.0584 e. The van der Waals surface area contributed by atoms with Gasteiger partial charge in [0.25, 0.3) is 0 Å². The fourth-order valence-electron chi connectivity index (χ4n) is 0.762. The summed E-state index contributed by atoms with van der Waals surface area (Å²) in [5.41, 5.74) is 0.